The van der Waals surface area contributed by atoms with Gasteiger partial charge in [-0.3, -0.25) is 9.88 Å². The van der Waals surface area contributed by atoms with E-state index < -0.39 is 12.0 Å². The van der Waals surface area contributed by atoms with E-state index in [9.17, 15) is 13.2 Å². The first kappa shape index (κ1) is 17.9. The highest BCUT2D eigenvalue weighted by Crippen LogP contribution is 2.47. The molecule has 28 heavy (non-hydrogen) atoms. The molecule has 3 aliphatic heterocycles. The van der Waals surface area contributed by atoms with Crippen molar-refractivity contribution in [1.82, 2.24) is 20.3 Å². The van der Waals surface area contributed by atoms with Crippen molar-refractivity contribution >= 4 is 5.69 Å². The number of hydrazine groups is 1. The standard InChI is InChI=1S/C19H20F3N5O/c1-13-5-6-14-15(10-13)26-12-27(19(20,21)22)24-18(26,16-4-2-3-7-23-16)11-25-8-9-28-17(14)25/h2-7,10,17,24H,8-9,11-12H2,1H3. The predicted molar refractivity (Wildman–Crippen MR) is 95.7 cm³/mol. The first-order chi connectivity index (χ1) is 13.4. The lowest BCUT2D eigenvalue weighted by Crippen LogP contribution is -2.57. The number of anilines is 1. The summed E-state index contributed by atoms with van der Waals surface area (Å²) in [5.74, 6) is 0. The Morgan fingerprint density at radius 2 is 2.11 bits per heavy atom. The third-order valence-corrected chi connectivity index (χ3v) is 5.62. The van der Waals surface area contributed by atoms with E-state index >= 15 is 0 Å². The lowest BCUT2D eigenvalue weighted by atomic mass is 10.0. The Bertz CT molecular complexity index is 893. The van der Waals surface area contributed by atoms with Gasteiger partial charge in [0.1, 0.15) is 6.23 Å². The van der Waals surface area contributed by atoms with Gasteiger partial charge in [-0.2, -0.15) is 13.2 Å². The average Bonchev–Trinajstić information content (AvgIpc) is 3.26. The smallest absolute Gasteiger partial charge is 0.357 e. The van der Waals surface area contributed by atoms with Crippen LogP contribution in [0.2, 0.25) is 0 Å². The Morgan fingerprint density at radius 3 is 2.86 bits per heavy atom. The van der Waals surface area contributed by atoms with Gasteiger partial charge in [0.05, 0.1) is 19.0 Å². The SMILES string of the molecule is Cc1ccc2c(c1)N1CN(C(F)(F)F)NC1(c1ccccn1)CN1CCOC21. The minimum atomic E-state index is -4.52. The third-order valence-electron chi connectivity index (χ3n) is 5.62. The molecule has 2 fully saturated rings. The number of ether oxygens (including phenoxy) is 1. The molecule has 0 aliphatic carbocycles. The highest BCUT2D eigenvalue weighted by Gasteiger charge is 2.57. The summed E-state index contributed by atoms with van der Waals surface area (Å²) in [6.07, 6.45) is -3.18. The van der Waals surface area contributed by atoms with Crippen LogP contribution < -0.4 is 10.3 Å². The van der Waals surface area contributed by atoms with E-state index in [2.05, 4.69) is 15.3 Å². The maximum atomic E-state index is 13.7. The molecule has 0 bridgehead atoms. The first-order valence-electron chi connectivity index (χ1n) is 9.16. The van der Waals surface area contributed by atoms with Gasteiger partial charge in [0.2, 0.25) is 0 Å². The normalized spacial score (nSPS) is 28.0. The van der Waals surface area contributed by atoms with Crippen molar-refractivity contribution < 1.29 is 17.9 Å². The lowest BCUT2D eigenvalue weighted by molar-refractivity contribution is -0.259. The zero-order valence-corrected chi connectivity index (χ0v) is 15.3. The van der Waals surface area contributed by atoms with Gasteiger partial charge in [0.15, 0.2) is 5.66 Å². The molecule has 2 atom stereocenters. The fraction of sp³-hybridized carbons (Fsp3) is 0.421. The number of aromatic nitrogens is 1. The van der Waals surface area contributed by atoms with Crippen molar-refractivity contribution in [2.75, 3.05) is 31.3 Å². The van der Waals surface area contributed by atoms with Crippen LogP contribution in [-0.4, -0.2) is 47.6 Å². The van der Waals surface area contributed by atoms with Crippen LogP contribution in [0.15, 0.2) is 42.6 Å². The van der Waals surface area contributed by atoms with Gasteiger partial charge in [0.25, 0.3) is 0 Å². The zero-order chi connectivity index (χ0) is 19.5. The number of nitrogens with one attached hydrogen (secondary N) is 1. The molecule has 3 aliphatic rings. The number of alkyl halides is 3. The van der Waals surface area contributed by atoms with Crippen LogP contribution in [0.1, 0.15) is 23.0 Å². The fourth-order valence-corrected chi connectivity index (χ4v) is 4.35. The molecule has 2 saturated heterocycles. The van der Waals surface area contributed by atoms with Crippen molar-refractivity contribution in [3.8, 4) is 0 Å². The second-order valence-corrected chi connectivity index (χ2v) is 7.41. The maximum Gasteiger partial charge on any atom is 0.474 e. The minimum Gasteiger partial charge on any atom is -0.357 e. The number of benzene rings is 1. The maximum absolute atomic E-state index is 13.7. The molecule has 0 radical (unpaired) electrons. The molecular formula is C19H20F3N5O. The van der Waals surface area contributed by atoms with Crippen molar-refractivity contribution in [2.45, 2.75) is 25.1 Å². The number of hydrogen-bond donors (Lipinski definition) is 1. The van der Waals surface area contributed by atoms with Crippen molar-refractivity contribution in [1.29, 1.82) is 0 Å². The summed E-state index contributed by atoms with van der Waals surface area (Å²) in [7, 11) is 0. The van der Waals surface area contributed by atoms with Gasteiger partial charge in [-0.15, -0.1) is 5.01 Å². The molecule has 5 rings (SSSR count). The summed E-state index contributed by atoms with van der Waals surface area (Å²) in [6.45, 7) is 3.10. The second kappa shape index (κ2) is 6.15. The number of aryl methyl sites for hydroxylation is 1. The molecule has 6 nitrogen and oxygen atoms in total. The molecule has 0 saturated carbocycles. The molecule has 0 spiro atoms. The van der Waals surface area contributed by atoms with Crippen molar-refractivity contribution in [3.63, 3.8) is 0 Å². The Labute approximate surface area is 160 Å². The molecule has 9 heteroatoms. The van der Waals surface area contributed by atoms with Gasteiger partial charge in [-0.1, -0.05) is 18.2 Å². The van der Waals surface area contributed by atoms with Crippen LogP contribution in [0, 0.1) is 6.92 Å². The molecular weight excluding hydrogens is 371 g/mol. The molecule has 2 aromatic rings. The quantitative estimate of drug-likeness (QED) is 0.755. The second-order valence-electron chi connectivity index (χ2n) is 7.41. The summed E-state index contributed by atoms with van der Waals surface area (Å²) < 4.78 is 47.0. The Balaban J connectivity index is 1.74. The molecule has 1 aromatic carbocycles. The van der Waals surface area contributed by atoms with Crippen molar-refractivity contribution in [2.24, 2.45) is 0 Å². The topological polar surface area (TPSA) is 43.9 Å². The van der Waals surface area contributed by atoms with Crippen LogP contribution in [-0.2, 0) is 10.4 Å². The van der Waals surface area contributed by atoms with E-state index in [1.807, 2.05) is 25.1 Å². The van der Waals surface area contributed by atoms with Crippen LogP contribution in [0.4, 0.5) is 18.9 Å². The summed E-state index contributed by atoms with van der Waals surface area (Å²) >= 11 is 0. The molecule has 1 N–H and O–H groups in total. The number of fused-ring (bicyclic) bond motifs is 5. The van der Waals surface area contributed by atoms with Crippen LogP contribution in [0.5, 0.6) is 0 Å². The van der Waals surface area contributed by atoms with E-state index in [1.54, 1.807) is 29.3 Å². The molecule has 0 amide bonds. The van der Waals surface area contributed by atoms with Crippen LogP contribution in [0.3, 0.4) is 0 Å². The lowest BCUT2D eigenvalue weighted by Gasteiger charge is -2.38. The number of nitrogens with zero attached hydrogens (tertiary/aromatic N) is 4. The number of rotatable bonds is 1. The highest BCUT2D eigenvalue weighted by atomic mass is 19.4. The Morgan fingerprint density at radius 1 is 1.25 bits per heavy atom. The molecule has 148 valence electrons. The highest BCUT2D eigenvalue weighted by molar-refractivity contribution is 5.61. The number of pyridine rings is 1. The van der Waals surface area contributed by atoms with E-state index in [4.69, 9.17) is 4.74 Å². The average molecular weight is 391 g/mol. The van der Waals surface area contributed by atoms with Gasteiger partial charge in [-0.25, -0.2) is 5.43 Å². The first-order valence-corrected chi connectivity index (χ1v) is 9.16. The summed E-state index contributed by atoms with van der Waals surface area (Å²) in [4.78, 5) is 8.29. The number of halogens is 3. The molecule has 4 heterocycles. The molecule has 1 aromatic heterocycles. The van der Waals surface area contributed by atoms with Crippen molar-refractivity contribution in [3.05, 3.63) is 59.4 Å². The fourth-order valence-electron chi connectivity index (χ4n) is 4.35. The largest absolute Gasteiger partial charge is 0.474 e. The number of hydrogen-bond acceptors (Lipinski definition) is 6. The zero-order valence-electron chi connectivity index (χ0n) is 15.3. The van der Waals surface area contributed by atoms with E-state index in [0.717, 1.165) is 16.8 Å². The summed E-state index contributed by atoms with van der Waals surface area (Å²) in [5.41, 5.74) is 4.74. The Hall–Kier alpha value is -2.20. The minimum absolute atomic E-state index is 0.275. The summed E-state index contributed by atoms with van der Waals surface area (Å²) in [5, 5.41) is 0.338. The third kappa shape index (κ3) is 2.61. The van der Waals surface area contributed by atoms with E-state index in [-0.39, 0.29) is 12.9 Å². The van der Waals surface area contributed by atoms with E-state index in [0.29, 0.717) is 30.4 Å². The monoisotopic (exact) mass is 391 g/mol. The summed E-state index contributed by atoms with van der Waals surface area (Å²) in [6, 6.07) is 11.2. The van der Waals surface area contributed by atoms with Gasteiger partial charge >= 0.3 is 6.30 Å². The molecule has 2 unspecified atom stereocenters. The Kier molecular flexibility index (Phi) is 3.92. The van der Waals surface area contributed by atoms with Crippen LogP contribution in [0.25, 0.3) is 0 Å². The van der Waals surface area contributed by atoms with Gasteiger partial charge < -0.3 is 9.64 Å². The van der Waals surface area contributed by atoms with Gasteiger partial charge in [0, 0.05) is 30.5 Å². The predicted octanol–water partition coefficient (Wildman–Crippen LogP) is 2.69. The van der Waals surface area contributed by atoms with Crippen LogP contribution >= 0.6 is 0 Å². The van der Waals surface area contributed by atoms with E-state index in [1.165, 1.54) is 0 Å². The van der Waals surface area contributed by atoms with Gasteiger partial charge in [-0.05, 0) is 30.7 Å².